The quantitative estimate of drug-likeness (QED) is 0.930. The van der Waals surface area contributed by atoms with Gasteiger partial charge in [0.1, 0.15) is 11.3 Å². The molecule has 2 saturated carbocycles. The number of nitrogens with one attached hydrogen (secondary N) is 1. The molecule has 0 aliphatic heterocycles. The first-order chi connectivity index (χ1) is 10.2. The van der Waals surface area contributed by atoms with Crippen molar-refractivity contribution in [1.29, 1.82) is 0 Å². The van der Waals surface area contributed by atoms with Gasteiger partial charge >= 0.3 is 6.03 Å². The highest BCUT2D eigenvalue weighted by molar-refractivity contribution is 5.79. The molecular formula is C17H20N2O2. The fraction of sp³-hybridized carbons (Fsp3) is 0.471. The minimum Gasteiger partial charge on any atom is -0.459 e. The summed E-state index contributed by atoms with van der Waals surface area (Å²) in [5.74, 6) is 1.40. The van der Waals surface area contributed by atoms with Crippen LogP contribution in [0.2, 0.25) is 0 Å². The molecule has 2 amide bonds. The summed E-state index contributed by atoms with van der Waals surface area (Å²) in [6.45, 7) is 0. The molecule has 2 fully saturated rings. The Kier molecular flexibility index (Phi) is 2.91. The Morgan fingerprint density at radius 2 is 2.05 bits per heavy atom. The number of amides is 2. The summed E-state index contributed by atoms with van der Waals surface area (Å²) in [6, 6.07) is 10.5. The summed E-state index contributed by atoms with van der Waals surface area (Å²) >= 11 is 0. The van der Waals surface area contributed by atoms with Crippen molar-refractivity contribution in [3.8, 4) is 0 Å². The monoisotopic (exact) mass is 284 g/mol. The van der Waals surface area contributed by atoms with E-state index < -0.39 is 0 Å². The van der Waals surface area contributed by atoms with Gasteiger partial charge in [0.05, 0.1) is 6.04 Å². The summed E-state index contributed by atoms with van der Waals surface area (Å²) in [5.41, 5.74) is 0.892. The van der Waals surface area contributed by atoms with E-state index in [1.165, 1.54) is 0 Å². The van der Waals surface area contributed by atoms with Crippen molar-refractivity contribution in [2.75, 3.05) is 7.05 Å². The van der Waals surface area contributed by atoms with Crippen molar-refractivity contribution < 1.29 is 9.21 Å². The summed E-state index contributed by atoms with van der Waals surface area (Å²) in [4.78, 5) is 14.2. The molecule has 1 aromatic heterocycles. The second-order valence-corrected chi connectivity index (χ2v) is 6.29. The molecule has 1 aromatic carbocycles. The van der Waals surface area contributed by atoms with Crippen LogP contribution in [0.15, 0.2) is 34.7 Å². The molecule has 4 rings (SSSR count). The van der Waals surface area contributed by atoms with Crippen LogP contribution < -0.4 is 5.32 Å². The first kappa shape index (κ1) is 12.7. The molecule has 1 N–H and O–H groups in total. The van der Waals surface area contributed by atoms with Crippen LogP contribution in [-0.4, -0.2) is 24.0 Å². The minimum absolute atomic E-state index is 0.00565. The molecule has 0 saturated heterocycles. The predicted molar refractivity (Wildman–Crippen MR) is 81.0 cm³/mol. The molecule has 110 valence electrons. The third kappa shape index (κ3) is 2.50. The van der Waals surface area contributed by atoms with E-state index in [2.05, 4.69) is 11.4 Å². The average Bonchev–Trinajstić information content (AvgIpc) is 3.39. The van der Waals surface area contributed by atoms with Crippen molar-refractivity contribution in [3.05, 3.63) is 36.1 Å². The van der Waals surface area contributed by atoms with E-state index in [4.69, 9.17) is 4.42 Å². The maximum absolute atomic E-state index is 12.3. The van der Waals surface area contributed by atoms with Gasteiger partial charge < -0.3 is 14.6 Å². The SMILES string of the molecule is CN(C(=O)N[C@H](c1cc2ccccc2o1)C1CC1)C1CC1. The Morgan fingerprint density at radius 3 is 2.71 bits per heavy atom. The lowest BCUT2D eigenvalue weighted by Crippen LogP contribution is -2.41. The minimum atomic E-state index is 0.00565. The van der Waals surface area contributed by atoms with Crippen molar-refractivity contribution in [1.82, 2.24) is 10.2 Å². The van der Waals surface area contributed by atoms with Crippen molar-refractivity contribution in [3.63, 3.8) is 0 Å². The molecule has 2 aromatic rings. The zero-order chi connectivity index (χ0) is 14.4. The number of furan rings is 1. The molecule has 1 heterocycles. The van der Waals surface area contributed by atoms with Crippen LogP contribution in [0.25, 0.3) is 11.0 Å². The van der Waals surface area contributed by atoms with Crippen LogP contribution in [0, 0.1) is 5.92 Å². The number of urea groups is 1. The molecule has 0 bridgehead atoms. The Bertz CT molecular complexity index is 637. The number of hydrogen-bond acceptors (Lipinski definition) is 2. The van der Waals surface area contributed by atoms with Gasteiger partial charge in [-0.05, 0) is 43.7 Å². The summed E-state index contributed by atoms with van der Waals surface area (Å²) < 4.78 is 5.95. The standard InChI is InChI=1S/C17H20N2O2/c1-19(13-8-9-13)17(20)18-16(11-6-7-11)15-10-12-4-2-3-5-14(12)21-15/h2-5,10-11,13,16H,6-9H2,1H3,(H,18,20)/t16-/m0/s1. The van der Waals surface area contributed by atoms with E-state index in [-0.39, 0.29) is 12.1 Å². The van der Waals surface area contributed by atoms with E-state index in [1.807, 2.05) is 36.2 Å². The molecule has 0 radical (unpaired) electrons. The number of benzene rings is 1. The normalized spacial score (nSPS) is 19.5. The summed E-state index contributed by atoms with van der Waals surface area (Å²) in [6.07, 6.45) is 4.58. The van der Waals surface area contributed by atoms with Gasteiger partial charge in [-0.3, -0.25) is 0 Å². The number of rotatable bonds is 4. The number of para-hydroxylation sites is 1. The summed E-state index contributed by atoms with van der Waals surface area (Å²) in [7, 11) is 1.88. The molecule has 0 unspecified atom stereocenters. The average molecular weight is 284 g/mol. The largest absolute Gasteiger partial charge is 0.459 e. The van der Waals surface area contributed by atoms with Gasteiger partial charge in [-0.1, -0.05) is 18.2 Å². The van der Waals surface area contributed by atoms with E-state index in [9.17, 15) is 4.79 Å². The van der Waals surface area contributed by atoms with Gasteiger partial charge in [-0.15, -0.1) is 0 Å². The number of carbonyl (C=O) groups excluding carboxylic acids is 1. The van der Waals surface area contributed by atoms with E-state index >= 15 is 0 Å². The molecule has 2 aliphatic carbocycles. The smallest absolute Gasteiger partial charge is 0.317 e. The zero-order valence-corrected chi connectivity index (χ0v) is 12.2. The van der Waals surface area contributed by atoms with Gasteiger partial charge in [0.25, 0.3) is 0 Å². The highest BCUT2D eigenvalue weighted by Crippen LogP contribution is 2.42. The second kappa shape index (κ2) is 4.79. The third-order valence-electron chi connectivity index (χ3n) is 4.54. The van der Waals surface area contributed by atoms with E-state index in [0.29, 0.717) is 12.0 Å². The van der Waals surface area contributed by atoms with Gasteiger partial charge in [-0.25, -0.2) is 4.79 Å². The van der Waals surface area contributed by atoms with Crippen LogP contribution >= 0.6 is 0 Å². The van der Waals surface area contributed by atoms with Crippen LogP contribution in [0.5, 0.6) is 0 Å². The van der Waals surface area contributed by atoms with Crippen LogP contribution in [0.4, 0.5) is 4.79 Å². The Balaban J connectivity index is 1.57. The highest BCUT2D eigenvalue weighted by Gasteiger charge is 2.38. The molecule has 4 heteroatoms. The zero-order valence-electron chi connectivity index (χ0n) is 12.2. The van der Waals surface area contributed by atoms with Gasteiger partial charge in [-0.2, -0.15) is 0 Å². The number of fused-ring (bicyclic) bond motifs is 1. The number of hydrogen-bond donors (Lipinski definition) is 1. The fourth-order valence-corrected chi connectivity index (χ4v) is 2.87. The first-order valence-corrected chi connectivity index (χ1v) is 7.74. The highest BCUT2D eigenvalue weighted by atomic mass is 16.3. The Hall–Kier alpha value is -1.97. The lowest BCUT2D eigenvalue weighted by Gasteiger charge is -2.22. The molecular weight excluding hydrogens is 264 g/mol. The molecule has 21 heavy (non-hydrogen) atoms. The second-order valence-electron chi connectivity index (χ2n) is 6.29. The third-order valence-corrected chi connectivity index (χ3v) is 4.54. The molecule has 1 atom stereocenters. The number of nitrogens with zero attached hydrogens (tertiary/aromatic N) is 1. The van der Waals surface area contributed by atoms with Crippen LogP contribution in [0.1, 0.15) is 37.5 Å². The molecule has 2 aliphatic rings. The summed E-state index contributed by atoms with van der Waals surface area (Å²) in [5, 5.41) is 4.27. The fourth-order valence-electron chi connectivity index (χ4n) is 2.87. The molecule has 0 spiro atoms. The van der Waals surface area contributed by atoms with Crippen molar-refractivity contribution in [2.24, 2.45) is 5.92 Å². The maximum Gasteiger partial charge on any atom is 0.317 e. The van der Waals surface area contributed by atoms with E-state index in [0.717, 1.165) is 42.4 Å². The van der Waals surface area contributed by atoms with Gasteiger partial charge in [0.15, 0.2) is 0 Å². The van der Waals surface area contributed by atoms with Crippen LogP contribution in [0.3, 0.4) is 0 Å². The first-order valence-electron chi connectivity index (χ1n) is 7.74. The van der Waals surface area contributed by atoms with Gasteiger partial charge in [0.2, 0.25) is 0 Å². The lowest BCUT2D eigenvalue weighted by molar-refractivity contribution is 0.198. The van der Waals surface area contributed by atoms with E-state index in [1.54, 1.807) is 0 Å². The van der Waals surface area contributed by atoms with Crippen molar-refractivity contribution in [2.45, 2.75) is 37.8 Å². The number of carbonyl (C=O) groups is 1. The Morgan fingerprint density at radius 1 is 1.29 bits per heavy atom. The Labute approximate surface area is 124 Å². The van der Waals surface area contributed by atoms with Crippen molar-refractivity contribution >= 4 is 17.0 Å². The topological polar surface area (TPSA) is 45.5 Å². The van der Waals surface area contributed by atoms with Crippen LogP contribution in [-0.2, 0) is 0 Å². The van der Waals surface area contributed by atoms with Gasteiger partial charge in [0, 0.05) is 18.5 Å². The predicted octanol–water partition coefficient (Wildman–Crippen LogP) is 3.69. The lowest BCUT2D eigenvalue weighted by atomic mass is 10.1. The maximum atomic E-state index is 12.3. The molecule has 4 nitrogen and oxygen atoms in total.